The van der Waals surface area contributed by atoms with E-state index in [0.717, 1.165) is 25.9 Å². The summed E-state index contributed by atoms with van der Waals surface area (Å²) in [4.78, 5) is 10.6. The molecule has 12 heavy (non-hydrogen) atoms. The second-order valence-corrected chi connectivity index (χ2v) is 3.16. The molecule has 0 aromatic carbocycles. The summed E-state index contributed by atoms with van der Waals surface area (Å²) in [5.74, 6) is -0.204. The van der Waals surface area contributed by atoms with E-state index in [1.54, 1.807) is 0 Å². The van der Waals surface area contributed by atoms with Crippen molar-refractivity contribution in [1.29, 1.82) is 0 Å². The Morgan fingerprint density at radius 2 is 2.25 bits per heavy atom. The summed E-state index contributed by atoms with van der Waals surface area (Å²) in [6.45, 7) is 2.82. The molecule has 0 aromatic heterocycles. The maximum atomic E-state index is 10.6. The number of carbonyl (C=O) groups is 1. The molecular weight excluding hydrogens is 156 g/mol. The number of ether oxygens (including phenoxy) is 2. The van der Waals surface area contributed by atoms with Gasteiger partial charge >= 0.3 is 5.97 Å². The van der Waals surface area contributed by atoms with Gasteiger partial charge in [0.15, 0.2) is 0 Å². The minimum Gasteiger partial charge on any atom is -0.460 e. The second kappa shape index (κ2) is 5.14. The van der Waals surface area contributed by atoms with Crippen molar-refractivity contribution in [3.8, 4) is 0 Å². The van der Waals surface area contributed by atoms with Gasteiger partial charge in [-0.15, -0.1) is 0 Å². The van der Waals surface area contributed by atoms with E-state index in [1.807, 2.05) is 0 Å². The summed E-state index contributed by atoms with van der Waals surface area (Å²) < 4.78 is 10.4. The highest BCUT2D eigenvalue weighted by atomic mass is 16.6. The molecule has 0 N–H and O–H groups in total. The summed E-state index contributed by atoms with van der Waals surface area (Å²) in [7, 11) is 0. The van der Waals surface area contributed by atoms with E-state index >= 15 is 0 Å². The summed E-state index contributed by atoms with van der Waals surface area (Å²) in [5, 5.41) is 0. The molecule has 70 valence electrons. The van der Waals surface area contributed by atoms with Crippen molar-refractivity contribution in [2.24, 2.45) is 0 Å². The number of esters is 1. The Hall–Kier alpha value is -0.570. The Kier molecular flexibility index (Phi) is 4.08. The largest absolute Gasteiger partial charge is 0.460 e. The zero-order chi connectivity index (χ0) is 8.81. The average molecular weight is 172 g/mol. The van der Waals surface area contributed by atoms with Crippen LogP contribution >= 0.6 is 0 Å². The number of hydrogen-bond acceptors (Lipinski definition) is 3. The van der Waals surface area contributed by atoms with Crippen molar-refractivity contribution in [3.05, 3.63) is 0 Å². The fourth-order valence-corrected chi connectivity index (χ4v) is 1.38. The van der Waals surface area contributed by atoms with Gasteiger partial charge in [-0.3, -0.25) is 4.79 Å². The molecular formula is C9H16O3. The molecule has 0 amide bonds. The molecule has 0 aliphatic carbocycles. The quantitative estimate of drug-likeness (QED) is 0.562. The van der Waals surface area contributed by atoms with Crippen LogP contribution in [-0.2, 0) is 14.3 Å². The van der Waals surface area contributed by atoms with Gasteiger partial charge in [0.05, 0.1) is 6.61 Å². The number of carbonyl (C=O) groups excluding carboxylic acids is 1. The van der Waals surface area contributed by atoms with E-state index in [0.29, 0.717) is 6.61 Å². The van der Waals surface area contributed by atoms with E-state index in [1.165, 1.54) is 13.3 Å². The van der Waals surface area contributed by atoms with Gasteiger partial charge in [0, 0.05) is 13.5 Å². The van der Waals surface area contributed by atoms with E-state index in [-0.39, 0.29) is 12.1 Å². The molecule has 1 aliphatic rings. The van der Waals surface area contributed by atoms with Gasteiger partial charge in [0.25, 0.3) is 0 Å². The maximum Gasteiger partial charge on any atom is 0.302 e. The van der Waals surface area contributed by atoms with Crippen molar-refractivity contribution in [2.75, 3.05) is 13.2 Å². The molecule has 3 nitrogen and oxygen atoms in total. The van der Waals surface area contributed by atoms with Crippen molar-refractivity contribution in [3.63, 3.8) is 0 Å². The third-order valence-corrected chi connectivity index (χ3v) is 1.95. The van der Waals surface area contributed by atoms with Crippen LogP contribution in [0.15, 0.2) is 0 Å². The van der Waals surface area contributed by atoms with Crippen molar-refractivity contribution >= 4 is 5.97 Å². The molecule has 1 aliphatic heterocycles. The Bertz CT molecular complexity index is 137. The highest BCUT2D eigenvalue weighted by molar-refractivity contribution is 5.66. The van der Waals surface area contributed by atoms with Crippen LogP contribution < -0.4 is 0 Å². The fourth-order valence-electron chi connectivity index (χ4n) is 1.38. The second-order valence-electron chi connectivity index (χ2n) is 3.16. The Balaban J connectivity index is 2.24. The lowest BCUT2D eigenvalue weighted by Crippen LogP contribution is -2.24. The van der Waals surface area contributed by atoms with Gasteiger partial charge in [-0.2, -0.15) is 0 Å². The van der Waals surface area contributed by atoms with Crippen LogP contribution in [0.1, 0.15) is 32.6 Å². The highest BCUT2D eigenvalue weighted by Gasteiger charge is 2.13. The lowest BCUT2D eigenvalue weighted by atomic mass is 10.1. The van der Waals surface area contributed by atoms with Crippen molar-refractivity contribution < 1.29 is 14.3 Å². The molecule has 1 atom stereocenters. The van der Waals surface area contributed by atoms with E-state index in [2.05, 4.69) is 0 Å². The lowest BCUT2D eigenvalue weighted by Gasteiger charge is -2.19. The number of rotatable bonds is 1. The van der Waals surface area contributed by atoms with E-state index < -0.39 is 0 Å². The van der Waals surface area contributed by atoms with Crippen LogP contribution in [0.3, 0.4) is 0 Å². The zero-order valence-electron chi connectivity index (χ0n) is 7.54. The highest BCUT2D eigenvalue weighted by Crippen LogP contribution is 2.11. The summed E-state index contributed by atoms with van der Waals surface area (Å²) in [5.41, 5.74) is 0. The Morgan fingerprint density at radius 1 is 1.42 bits per heavy atom. The minimum atomic E-state index is -0.204. The first-order chi connectivity index (χ1) is 5.79. The first-order valence-corrected chi connectivity index (χ1v) is 4.54. The first-order valence-electron chi connectivity index (χ1n) is 4.54. The molecule has 0 bridgehead atoms. The predicted octanol–water partition coefficient (Wildman–Crippen LogP) is 1.51. The van der Waals surface area contributed by atoms with Gasteiger partial charge in [-0.25, -0.2) is 0 Å². The summed E-state index contributed by atoms with van der Waals surface area (Å²) in [6.07, 6.45) is 4.38. The minimum absolute atomic E-state index is 0.0113. The molecule has 0 radical (unpaired) electrons. The summed E-state index contributed by atoms with van der Waals surface area (Å²) >= 11 is 0. The van der Waals surface area contributed by atoms with Gasteiger partial charge < -0.3 is 9.47 Å². The lowest BCUT2D eigenvalue weighted by molar-refractivity contribution is -0.150. The molecule has 0 saturated carbocycles. The first kappa shape index (κ1) is 9.52. The van der Waals surface area contributed by atoms with Gasteiger partial charge in [0.1, 0.15) is 6.10 Å². The maximum absolute atomic E-state index is 10.6. The molecule has 0 aromatic rings. The van der Waals surface area contributed by atoms with Crippen LogP contribution in [0.25, 0.3) is 0 Å². The molecule has 1 fully saturated rings. The normalized spacial score (nSPS) is 25.6. The van der Waals surface area contributed by atoms with Gasteiger partial charge in [-0.05, 0) is 19.3 Å². The topological polar surface area (TPSA) is 35.5 Å². The SMILES string of the molecule is CC(=O)O[C@@H]1CCCCCOC1. The third kappa shape index (κ3) is 3.72. The summed E-state index contributed by atoms with van der Waals surface area (Å²) in [6, 6.07) is 0. The van der Waals surface area contributed by atoms with Gasteiger partial charge in [-0.1, -0.05) is 6.42 Å². The van der Waals surface area contributed by atoms with Crippen LogP contribution in [0.5, 0.6) is 0 Å². The standard InChI is InChI=1S/C9H16O3/c1-8(10)12-9-5-3-2-4-6-11-7-9/h9H,2-7H2,1H3/t9-/m1/s1. The molecule has 3 heteroatoms. The fraction of sp³-hybridized carbons (Fsp3) is 0.889. The van der Waals surface area contributed by atoms with E-state index in [4.69, 9.17) is 9.47 Å². The van der Waals surface area contributed by atoms with E-state index in [9.17, 15) is 4.79 Å². The Morgan fingerprint density at radius 3 is 3.00 bits per heavy atom. The molecule has 1 rings (SSSR count). The predicted molar refractivity (Wildman–Crippen MR) is 44.8 cm³/mol. The van der Waals surface area contributed by atoms with Crippen LogP contribution in [-0.4, -0.2) is 25.3 Å². The van der Waals surface area contributed by atoms with Crippen LogP contribution in [0.4, 0.5) is 0 Å². The van der Waals surface area contributed by atoms with Crippen molar-refractivity contribution in [2.45, 2.75) is 38.7 Å². The molecule has 0 unspecified atom stereocenters. The average Bonchev–Trinajstić information content (AvgIpc) is 1.93. The van der Waals surface area contributed by atoms with Crippen molar-refractivity contribution in [1.82, 2.24) is 0 Å². The van der Waals surface area contributed by atoms with Gasteiger partial charge in [0.2, 0.25) is 0 Å². The molecule has 1 heterocycles. The molecule has 0 spiro atoms. The monoisotopic (exact) mass is 172 g/mol. The van der Waals surface area contributed by atoms with Crippen LogP contribution in [0, 0.1) is 0 Å². The smallest absolute Gasteiger partial charge is 0.302 e. The zero-order valence-corrected chi connectivity index (χ0v) is 7.54. The Labute approximate surface area is 73.0 Å². The third-order valence-electron chi connectivity index (χ3n) is 1.95. The van der Waals surface area contributed by atoms with Crippen LogP contribution in [0.2, 0.25) is 0 Å². The molecule has 1 saturated heterocycles. The number of hydrogen-bond donors (Lipinski definition) is 0.